The smallest absolute Gasteiger partial charge is 0.335 e. The Bertz CT molecular complexity index is 564. The van der Waals surface area contributed by atoms with Crippen molar-refractivity contribution >= 4 is 40.7 Å². The van der Waals surface area contributed by atoms with Crippen LogP contribution in [0.2, 0.25) is 0 Å². The number of thiophene rings is 1. The fourth-order valence-electron chi connectivity index (χ4n) is 1.38. The highest BCUT2D eigenvalue weighted by Crippen LogP contribution is 2.23. The molecule has 0 spiro atoms. The van der Waals surface area contributed by atoms with Crippen LogP contribution in [0.3, 0.4) is 0 Å². The Kier molecular flexibility index (Phi) is 4.59. The van der Waals surface area contributed by atoms with E-state index in [-0.39, 0.29) is 11.5 Å². The summed E-state index contributed by atoms with van der Waals surface area (Å²) in [7, 11) is 0. The number of aromatic carboxylic acids is 1. The number of carboxylic acids is 1. The standard InChI is InChI=1S/C13H11NO3S2/c15-11(8-19-12-2-1-7-18-12)14-10-5-3-9(4-6-10)13(16)17/h1-7H,8H2,(H,14,15)(H,16,17). The third-order valence-electron chi connectivity index (χ3n) is 2.26. The molecule has 1 amide bonds. The van der Waals surface area contributed by atoms with Gasteiger partial charge in [-0.3, -0.25) is 4.79 Å². The van der Waals surface area contributed by atoms with Gasteiger partial charge in [-0.1, -0.05) is 6.07 Å². The largest absolute Gasteiger partial charge is 0.478 e. The summed E-state index contributed by atoms with van der Waals surface area (Å²) in [6, 6.07) is 9.99. The Hall–Kier alpha value is -1.79. The first-order chi connectivity index (χ1) is 9.15. The third kappa shape index (κ3) is 4.11. The quantitative estimate of drug-likeness (QED) is 0.831. The number of carbonyl (C=O) groups is 2. The maximum Gasteiger partial charge on any atom is 0.335 e. The van der Waals surface area contributed by atoms with Crippen LogP contribution in [0.5, 0.6) is 0 Å². The van der Waals surface area contributed by atoms with E-state index in [0.29, 0.717) is 11.4 Å². The number of carbonyl (C=O) groups excluding carboxylic acids is 1. The molecule has 0 saturated carbocycles. The molecular formula is C13H11NO3S2. The lowest BCUT2D eigenvalue weighted by molar-refractivity contribution is -0.113. The summed E-state index contributed by atoms with van der Waals surface area (Å²) in [5.74, 6) is -0.756. The van der Waals surface area contributed by atoms with Gasteiger partial charge >= 0.3 is 5.97 Å². The minimum absolute atomic E-state index is 0.110. The van der Waals surface area contributed by atoms with Gasteiger partial charge in [-0.2, -0.15) is 0 Å². The lowest BCUT2D eigenvalue weighted by Crippen LogP contribution is -2.13. The number of amides is 1. The zero-order chi connectivity index (χ0) is 13.7. The van der Waals surface area contributed by atoms with Crippen LogP contribution in [0.1, 0.15) is 10.4 Å². The normalized spacial score (nSPS) is 10.1. The number of thioether (sulfide) groups is 1. The summed E-state index contributed by atoms with van der Waals surface area (Å²) in [6.07, 6.45) is 0. The molecule has 0 aliphatic carbocycles. The van der Waals surface area contributed by atoms with E-state index in [1.54, 1.807) is 23.5 Å². The number of nitrogens with one attached hydrogen (secondary N) is 1. The molecule has 0 atom stereocenters. The first-order valence-electron chi connectivity index (χ1n) is 5.44. The molecule has 2 N–H and O–H groups in total. The van der Waals surface area contributed by atoms with Crippen molar-refractivity contribution in [3.05, 3.63) is 47.3 Å². The van der Waals surface area contributed by atoms with Crippen molar-refractivity contribution in [3.8, 4) is 0 Å². The van der Waals surface area contributed by atoms with Crippen molar-refractivity contribution in [2.24, 2.45) is 0 Å². The first kappa shape index (κ1) is 13.6. The number of anilines is 1. The van der Waals surface area contributed by atoms with Gasteiger partial charge in [-0.15, -0.1) is 23.1 Å². The van der Waals surface area contributed by atoms with Gasteiger partial charge in [0, 0.05) is 5.69 Å². The molecular weight excluding hydrogens is 282 g/mol. The van der Waals surface area contributed by atoms with Crippen molar-refractivity contribution in [2.75, 3.05) is 11.1 Å². The van der Waals surface area contributed by atoms with Gasteiger partial charge in [-0.25, -0.2) is 4.79 Å². The van der Waals surface area contributed by atoms with E-state index >= 15 is 0 Å². The van der Waals surface area contributed by atoms with Gasteiger partial charge in [0.2, 0.25) is 5.91 Å². The van der Waals surface area contributed by atoms with Gasteiger partial charge in [0.1, 0.15) is 0 Å². The van der Waals surface area contributed by atoms with Gasteiger partial charge in [0.15, 0.2) is 0 Å². The Labute approximate surface area is 118 Å². The highest BCUT2D eigenvalue weighted by Gasteiger charge is 2.06. The maximum absolute atomic E-state index is 11.7. The lowest BCUT2D eigenvalue weighted by Gasteiger charge is -2.04. The number of carboxylic acid groups (broad SMARTS) is 1. The summed E-state index contributed by atoms with van der Waals surface area (Å²) in [6.45, 7) is 0. The summed E-state index contributed by atoms with van der Waals surface area (Å²) >= 11 is 3.07. The zero-order valence-electron chi connectivity index (χ0n) is 9.83. The lowest BCUT2D eigenvalue weighted by atomic mass is 10.2. The average molecular weight is 293 g/mol. The molecule has 0 bridgehead atoms. The van der Waals surface area contributed by atoms with Crippen molar-refractivity contribution < 1.29 is 14.7 Å². The van der Waals surface area contributed by atoms with E-state index in [2.05, 4.69) is 5.32 Å². The van der Waals surface area contributed by atoms with Crippen molar-refractivity contribution in [2.45, 2.75) is 4.21 Å². The number of benzene rings is 1. The van der Waals surface area contributed by atoms with Crippen LogP contribution in [0.25, 0.3) is 0 Å². The molecule has 2 aromatic rings. The topological polar surface area (TPSA) is 66.4 Å². The maximum atomic E-state index is 11.7. The molecule has 0 saturated heterocycles. The molecule has 0 aliphatic rings. The van der Waals surface area contributed by atoms with Crippen molar-refractivity contribution in [3.63, 3.8) is 0 Å². The third-order valence-corrected chi connectivity index (χ3v) is 4.39. The molecule has 6 heteroatoms. The summed E-state index contributed by atoms with van der Waals surface area (Å²) in [5.41, 5.74) is 0.799. The van der Waals surface area contributed by atoms with E-state index in [1.807, 2.05) is 17.5 Å². The Morgan fingerprint density at radius 3 is 2.53 bits per heavy atom. The van der Waals surface area contributed by atoms with E-state index in [9.17, 15) is 9.59 Å². The predicted octanol–water partition coefficient (Wildman–Crippen LogP) is 3.18. The van der Waals surface area contributed by atoms with Crippen LogP contribution in [0, 0.1) is 0 Å². The van der Waals surface area contributed by atoms with Crippen LogP contribution >= 0.6 is 23.1 Å². The second kappa shape index (κ2) is 6.40. The first-order valence-corrected chi connectivity index (χ1v) is 7.31. The summed E-state index contributed by atoms with van der Waals surface area (Å²) in [5, 5.41) is 13.4. The number of hydrogen-bond acceptors (Lipinski definition) is 4. The fourth-order valence-corrected chi connectivity index (χ4v) is 2.96. The van der Waals surface area contributed by atoms with Gasteiger partial charge in [-0.05, 0) is 35.7 Å². The highest BCUT2D eigenvalue weighted by atomic mass is 32.2. The summed E-state index contributed by atoms with van der Waals surface area (Å²) in [4.78, 5) is 22.4. The van der Waals surface area contributed by atoms with E-state index < -0.39 is 5.97 Å². The van der Waals surface area contributed by atoms with E-state index in [4.69, 9.17) is 5.11 Å². The van der Waals surface area contributed by atoms with Crippen LogP contribution in [-0.2, 0) is 4.79 Å². The molecule has 2 rings (SSSR count). The molecule has 1 aromatic heterocycles. The minimum atomic E-state index is -0.980. The van der Waals surface area contributed by atoms with Crippen LogP contribution < -0.4 is 5.32 Å². The summed E-state index contributed by atoms with van der Waals surface area (Å²) < 4.78 is 1.09. The van der Waals surface area contributed by atoms with Crippen LogP contribution in [0.15, 0.2) is 46.0 Å². The van der Waals surface area contributed by atoms with E-state index in [1.165, 1.54) is 23.9 Å². The van der Waals surface area contributed by atoms with Crippen molar-refractivity contribution in [1.82, 2.24) is 0 Å². The van der Waals surface area contributed by atoms with Gasteiger partial charge in [0.25, 0.3) is 0 Å². The molecule has 0 fully saturated rings. The molecule has 0 aliphatic heterocycles. The highest BCUT2D eigenvalue weighted by molar-refractivity contribution is 8.01. The fraction of sp³-hybridized carbons (Fsp3) is 0.0769. The molecule has 1 aromatic carbocycles. The Morgan fingerprint density at radius 2 is 1.95 bits per heavy atom. The monoisotopic (exact) mass is 293 g/mol. The average Bonchev–Trinajstić information content (AvgIpc) is 2.90. The minimum Gasteiger partial charge on any atom is -0.478 e. The SMILES string of the molecule is O=C(CSc1cccs1)Nc1ccc(C(=O)O)cc1. The van der Waals surface area contributed by atoms with Crippen LogP contribution in [-0.4, -0.2) is 22.7 Å². The Morgan fingerprint density at radius 1 is 1.21 bits per heavy atom. The van der Waals surface area contributed by atoms with Gasteiger partial charge in [0.05, 0.1) is 15.5 Å². The Balaban J connectivity index is 1.86. The number of rotatable bonds is 5. The van der Waals surface area contributed by atoms with E-state index in [0.717, 1.165) is 4.21 Å². The second-order valence-electron chi connectivity index (χ2n) is 3.65. The second-order valence-corrected chi connectivity index (χ2v) is 5.87. The van der Waals surface area contributed by atoms with Crippen molar-refractivity contribution in [1.29, 1.82) is 0 Å². The molecule has 98 valence electrons. The molecule has 4 nitrogen and oxygen atoms in total. The molecule has 1 heterocycles. The predicted molar refractivity (Wildman–Crippen MR) is 77.1 cm³/mol. The number of hydrogen-bond donors (Lipinski definition) is 2. The molecule has 19 heavy (non-hydrogen) atoms. The molecule has 0 unspecified atom stereocenters. The molecule has 0 radical (unpaired) electrons. The zero-order valence-corrected chi connectivity index (χ0v) is 11.5. The van der Waals surface area contributed by atoms with Crippen LogP contribution in [0.4, 0.5) is 5.69 Å². The van der Waals surface area contributed by atoms with Gasteiger partial charge < -0.3 is 10.4 Å².